The second kappa shape index (κ2) is 7.67. The van der Waals surface area contributed by atoms with Gasteiger partial charge in [0.05, 0.1) is 17.8 Å². The van der Waals surface area contributed by atoms with E-state index < -0.39 is 6.17 Å². The molecule has 0 fully saturated rings. The average molecular weight is 409 g/mol. The van der Waals surface area contributed by atoms with Crippen molar-refractivity contribution in [3.63, 3.8) is 0 Å². The molecule has 1 N–H and O–H groups in total. The molecule has 0 bridgehead atoms. The van der Waals surface area contributed by atoms with Gasteiger partial charge in [0.2, 0.25) is 5.91 Å². The van der Waals surface area contributed by atoms with Crippen LogP contribution in [0.15, 0.2) is 60.7 Å². The highest BCUT2D eigenvalue weighted by molar-refractivity contribution is 7.15. The van der Waals surface area contributed by atoms with E-state index in [0.717, 1.165) is 21.0 Å². The standard InChI is InChI=1S/C22H20FN3O2S/c1-24-20(27)13-26-17-6-4-3-5-16(17)22(28)25(2)21(26)19-12-11-18(29-19)14-7-9-15(23)10-8-14/h3-12,21H,13H2,1-2H3,(H,24,27)/t21-/m1/s1. The van der Waals surface area contributed by atoms with Crippen LogP contribution >= 0.6 is 11.3 Å². The topological polar surface area (TPSA) is 52.7 Å². The van der Waals surface area contributed by atoms with Gasteiger partial charge >= 0.3 is 0 Å². The molecule has 0 saturated carbocycles. The quantitative estimate of drug-likeness (QED) is 0.711. The van der Waals surface area contributed by atoms with Gasteiger partial charge in [-0.1, -0.05) is 24.3 Å². The summed E-state index contributed by atoms with van der Waals surface area (Å²) in [6, 6.07) is 17.6. The number of hydrogen-bond donors (Lipinski definition) is 1. The molecule has 7 heteroatoms. The molecule has 0 spiro atoms. The number of nitrogens with one attached hydrogen (secondary N) is 1. The van der Waals surface area contributed by atoms with Crippen LogP contribution < -0.4 is 10.2 Å². The molecular weight excluding hydrogens is 389 g/mol. The zero-order valence-electron chi connectivity index (χ0n) is 16.1. The van der Waals surface area contributed by atoms with Crippen molar-refractivity contribution >= 4 is 28.8 Å². The van der Waals surface area contributed by atoms with E-state index in [9.17, 15) is 14.0 Å². The van der Waals surface area contributed by atoms with Crippen LogP contribution in [0.4, 0.5) is 10.1 Å². The molecule has 29 heavy (non-hydrogen) atoms. The van der Waals surface area contributed by atoms with Gasteiger partial charge < -0.3 is 15.1 Å². The van der Waals surface area contributed by atoms with E-state index in [-0.39, 0.29) is 24.2 Å². The zero-order valence-corrected chi connectivity index (χ0v) is 16.9. The van der Waals surface area contributed by atoms with Gasteiger partial charge in [0.1, 0.15) is 12.0 Å². The highest BCUT2D eigenvalue weighted by Crippen LogP contribution is 2.41. The van der Waals surface area contributed by atoms with Gasteiger partial charge in [-0.25, -0.2) is 4.39 Å². The summed E-state index contributed by atoms with van der Waals surface area (Å²) in [6.07, 6.45) is -0.408. The normalized spacial score (nSPS) is 16.0. The van der Waals surface area contributed by atoms with Crippen LogP contribution in [0.5, 0.6) is 0 Å². The van der Waals surface area contributed by atoms with Crippen LogP contribution in [0.1, 0.15) is 21.4 Å². The number of fused-ring (bicyclic) bond motifs is 1. The fraction of sp³-hybridized carbons (Fsp3) is 0.182. The van der Waals surface area contributed by atoms with Gasteiger partial charge in [0.25, 0.3) is 5.91 Å². The summed E-state index contributed by atoms with van der Waals surface area (Å²) in [7, 11) is 3.34. The highest BCUT2D eigenvalue weighted by Gasteiger charge is 2.37. The number of rotatable bonds is 4. The fourth-order valence-corrected chi connectivity index (χ4v) is 4.73. The average Bonchev–Trinajstić information content (AvgIpc) is 3.22. The molecule has 148 valence electrons. The van der Waals surface area contributed by atoms with Crippen LogP contribution in [0.3, 0.4) is 0 Å². The third kappa shape index (κ3) is 3.49. The van der Waals surface area contributed by atoms with Gasteiger partial charge in [-0.3, -0.25) is 9.59 Å². The van der Waals surface area contributed by atoms with E-state index in [1.807, 2.05) is 35.2 Å². The van der Waals surface area contributed by atoms with Gasteiger partial charge in [0.15, 0.2) is 0 Å². The maximum atomic E-state index is 13.3. The minimum Gasteiger partial charge on any atom is -0.358 e. The monoisotopic (exact) mass is 409 g/mol. The Morgan fingerprint density at radius 3 is 2.55 bits per heavy atom. The Morgan fingerprint density at radius 1 is 1.10 bits per heavy atom. The number of halogens is 1. The lowest BCUT2D eigenvalue weighted by Crippen LogP contribution is -2.50. The van der Waals surface area contributed by atoms with E-state index in [0.29, 0.717) is 5.56 Å². The third-order valence-corrected chi connectivity index (χ3v) is 6.20. The van der Waals surface area contributed by atoms with E-state index in [1.54, 1.807) is 37.2 Å². The van der Waals surface area contributed by atoms with Gasteiger partial charge in [-0.2, -0.15) is 0 Å². The molecule has 1 atom stereocenters. The number of carbonyl (C=O) groups is 2. The van der Waals surface area contributed by atoms with Crippen LogP contribution in [0.25, 0.3) is 10.4 Å². The smallest absolute Gasteiger partial charge is 0.257 e. The van der Waals surface area contributed by atoms with Crippen molar-refractivity contribution in [2.24, 2.45) is 0 Å². The zero-order chi connectivity index (χ0) is 20.5. The van der Waals surface area contributed by atoms with E-state index in [2.05, 4.69) is 5.32 Å². The minimum atomic E-state index is -0.408. The number of benzene rings is 2. The molecule has 2 aromatic carbocycles. The summed E-state index contributed by atoms with van der Waals surface area (Å²) in [5.74, 6) is -0.505. The van der Waals surface area contributed by atoms with Crippen LogP contribution in [-0.2, 0) is 4.79 Å². The Hall–Kier alpha value is -3.19. The predicted molar refractivity (Wildman–Crippen MR) is 112 cm³/mol. The summed E-state index contributed by atoms with van der Waals surface area (Å²) >= 11 is 1.53. The number of carbonyl (C=O) groups excluding carboxylic acids is 2. The number of amides is 2. The summed E-state index contributed by atoms with van der Waals surface area (Å²) in [6.45, 7) is 0.125. The van der Waals surface area contributed by atoms with Crippen LogP contribution in [0.2, 0.25) is 0 Å². The molecule has 3 aromatic rings. The first kappa shape index (κ1) is 19.1. The number of anilines is 1. The first-order valence-corrected chi connectivity index (χ1v) is 10.0. The number of hydrogen-bond acceptors (Lipinski definition) is 4. The molecular formula is C22H20FN3O2S. The van der Waals surface area contributed by atoms with Crippen LogP contribution in [0, 0.1) is 5.82 Å². The molecule has 0 saturated heterocycles. The molecule has 1 aliphatic rings. The maximum absolute atomic E-state index is 13.3. The lowest BCUT2D eigenvalue weighted by atomic mass is 10.0. The Balaban J connectivity index is 1.77. The predicted octanol–water partition coefficient (Wildman–Crippen LogP) is 3.89. The summed E-state index contributed by atoms with van der Waals surface area (Å²) in [5, 5.41) is 2.66. The Bertz CT molecular complexity index is 1060. The van der Waals surface area contributed by atoms with Gasteiger partial charge in [-0.05, 0) is 42.0 Å². The van der Waals surface area contributed by atoms with E-state index in [4.69, 9.17) is 0 Å². The van der Waals surface area contributed by atoms with Gasteiger partial charge in [0, 0.05) is 23.8 Å². The maximum Gasteiger partial charge on any atom is 0.257 e. The molecule has 4 rings (SSSR count). The Morgan fingerprint density at radius 2 is 1.83 bits per heavy atom. The van der Waals surface area contributed by atoms with Crippen LogP contribution in [-0.4, -0.2) is 37.4 Å². The summed E-state index contributed by atoms with van der Waals surface area (Å²) in [4.78, 5) is 30.7. The summed E-state index contributed by atoms with van der Waals surface area (Å²) in [5.41, 5.74) is 2.22. The molecule has 2 amide bonds. The van der Waals surface area contributed by atoms with Crippen molar-refractivity contribution < 1.29 is 14.0 Å². The second-order valence-electron chi connectivity index (χ2n) is 6.82. The lowest BCUT2D eigenvalue weighted by molar-refractivity contribution is -0.119. The Kier molecular flexibility index (Phi) is 5.07. The third-order valence-electron chi connectivity index (χ3n) is 5.03. The van der Waals surface area contributed by atoms with Crippen molar-refractivity contribution in [1.29, 1.82) is 0 Å². The molecule has 0 aliphatic carbocycles. The minimum absolute atomic E-state index is 0.0875. The molecule has 2 heterocycles. The van der Waals surface area contributed by atoms with Gasteiger partial charge in [-0.15, -0.1) is 11.3 Å². The van der Waals surface area contributed by atoms with Crippen molar-refractivity contribution in [2.45, 2.75) is 6.17 Å². The first-order chi connectivity index (χ1) is 14.0. The molecule has 1 aliphatic heterocycles. The lowest BCUT2D eigenvalue weighted by Gasteiger charge is -2.43. The van der Waals surface area contributed by atoms with Crippen molar-refractivity contribution in [3.05, 3.63) is 76.9 Å². The second-order valence-corrected chi connectivity index (χ2v) is 7.93. The number of para-hydroxylation sites is 1. The van der Waals surface area contributed by atoms with Crippen molar-refractivity contribution in [3.8, 4) is 10.4 Å². The van der Waals surface area contributed by atoms with E-state index >= 15 is 0 Å². The number of thiophene rings is 1. The van der Waals surface area contributed by atoms with E-state index in [1.165, 1.54) is 23.5 Å². The van der Waals surface area contributed by atoms with Crippen molar-refractivity contribution in [2.75, 3.05) is 25.5 Å². The SMILES string of the molecule is CNC(=O)CN1c2ccccc2C(=O)N(C)[C@H]1c1ccc(-c2ccc(F)cc2)s1. The number of likely N-dealkylation sites (N-methyl/N-ethyl adjacent to an activating group) is 1. The molecule has 1 aromatic heterocycles. The first-order valence-electron chi connectivity index (χ1n) is 9.18. The molecule has 0 unspecified atom stereocenters. The van der Waals surface area contributed by atoms with Crippen molar-refractivity contribution in [1.82, 2.24) is 10.2 Å². The largest absolute Gasteiger partial charge is 0.358 e. The summed E-state index contributed by atoms with van der Waals surface area (Å²) < 4.78 is 13.3. The highest BCUT2D eigenvalue weighted by atomic mass is 32.1. The molecule has 0 radical (unpaired) electrons. The Labute approximate surface area is 172 Å². The molecule has 5 nitrogen and oxygen atoms in total. The fourth-order valence-electron chi connectivity index (χ4n) is 3.56. The number of nitrogens with zero attached hydrogens (tertiary/aromatic N) is 2.